The first-order valence-corrected chi connectivity index (χ1v) is 10.0. The molecule has 1 heteroatoms. The van der Waals surface area contributed by atoms with Gasteiger partial charge in [-0.05, 0) is 91.8 Å². The molecular weight excluding hydrogens is 268 g/mol. The molecule has 0 aliphatic heterocycles. The third-order valence-electron chi connectivity index (χ3n) is 8.88. The van der Waals surface area contributed by atoms with Crippen molar-refractivity contribution in [3.05, 3.63) is 0 Å². The molecule has 0 aromatic rings. The summed E-state index contributed by atoms with van der Waals surface area (Å²) in [5.74, 6) is 7.06. The van der Waals surface area contributed by atoms with Crippen molar-refractivity contribution in [1.29, 1.82) is 0 Å². The lowest BCUT2D eigenvalue weighted by atomic mass is 9.51. The van der Waals surface area contributed by atoms with Crippen molar-refractivity contribution in [3.8, 4) is 0 Å². The lowest BCUT2D eigenvalue weighted by molar-refractivity contribution is -0.126. The maximum absolute atomic E-state index is 11.8. The molecule has 0 radical (unpaired) electrons. The highest BCUT2D eigenvalue weighted by molar-refractivity contribution is 5.79. The number of hydrogen-bond donors (Lipinski definition) is 0. The van der Waals surface area contributed by atoms with Gasteiger partial charge in [-0.1, -0.05) is 20.8 Å². The Balaban J connectivity index is 1.54. The van der Waals surface area contributed by atoms with Crippen LogP contribution in [0.4, 0.5) is 0 Å². The molecule has 4 rings (SSSR count). The third kappa shape index (κ3) is 2.13. The number of hydrogen-bond acceptors (Lipinski definition) is 1. The fourth-order valence-corrected chi connectivity index (χ4v) is 7.39. The summed E-state index contributed by atoms with van der Waals surface area (Å²) in [6.45, 7) is 7.50. The van der Waals surface area contributed by atoms with E-state index in [9.17, 15) is 4.79 Å². The molecule has 7 unspecified atom stereocenters. The van der Waals surface area contributed by atoms with Crippen molar-refractivity contribution in [2.75, 3.05) is 0 Å². The van der Waals surface area contributed by atoms with E-state index in [1.807, 2.05) is 0 Å². The van der Waals surface area contributed by atoms with Crippen molar-refractivity contribution in [2.45, 2.75) is 78.6 Å². The molecule has 0 spiro atoms. The van der Waals surface area contributed by atoms with Crippen LogP contribution in [0.15, 0.2) is 0 Å². The van der Waals surface area contributed by atoms with E-state index in [2.05, 4.69) is 20.8 Å². The van der Waals surface area contributed by atoms with Gasteiger partial charge in [0, 0.05) is 12.8 Å². The van der Waals surface area contributed by atoms with Crippen LogP contribution in [-0.2, 0) is 4.79 Å². The molecule has 0 N–H and O–H groups in total. The van der Waals surface area contributed by atoms with E-state index >= 15 is 0 Å². The van der Waals surface area contributed by atoms with Crippen molar-refractivity contribution in [2.24, 2.45) is 46.8 Å². The van der Waals surface area contributed by atoms with Crippen molar-refractivity contribution in [3.63, 3.8) is 0 Å². The minimum absolute atomic E-state index is 0.557. The second-order valence-electron chi connectivity index (χ2n) is 9.66. The first-order chi connectivity index (χ1) is 10.5. The Labute approximate surface area is 136 Å². The van der Waals surface area contributed by atoms with E-state index in [0.717, 1.165) is 54.3 Å². The van der Waals surface area contributed by atoms with Crippen LogP contribution >= 0.6 is 0 Å². The number of rotatable bonds is 1. The second kappa shape index (κ2) is 5.35. The zero-order valence-electron chi connectivity index (χ0n) is 14.8. The molecule has 0 amide bonds. The SMILES string of the molecule is CC(C)C1(C)CCC2C3CCC4CC(=O)CCC4C3CCC21. The minimum atomic E-state index is 0.557. The molecule has 0 aromatic heterocycles. The van der Waals surface area contributed by atoms with Gasteiger partial charge in [0.1, 0.15) is 5.78 Å². The molecular formula is C21H34O. The zero-order chi connectivity index (χ0) is 15.5. The van der Waals surface area contributed by atoms with Gasteiger partial charge in [0.15, 0.2) is 0 Å². The Morgan fingerprint density at radius 3 is 2.41 bits per heavy atom. The van der Waals surface area contributed by atoms with Crippen LogP contribution in [0, 0.1) is 46.8 Å². The van der Waals surface area contributed by atoms with Gasteiger partial charge in [0.2, 0.25) is 0 Å². The van der Waals surface area contributed by atoms with Gasteiger partial charge >= 0.3 is 0 Å². The molecule has 124 valence electrons. The Bertz CT molecular complexity index is 453. The maximum atomic E-state index is 11.8. The van der Waals surface area contributed by atoms with E-state index in [1.165, 1.54) is 44.9 Å². The van der Waals surface area contributed by atoms with Crippen LogP contribution in [0.1, 0.15) is 78.6 Å². The van der Waals surface area contributed by atoms with Crippen molar-refractivity contribution < 1.29 is 4.79 Å². The molecule has 0 bridgehead atoms. The first-order valence-electron chi connectivity index (χ1n) is 10.0. The van der Waals surface area contributed by atoms with Gasteiger partial charge in [-0.25, -0.2) is 0 Å². The highest BCUT2D eigenvalue weighted by atomic mass is 16.1. The van der Waals surface area contributed by atoms with Crippen LogP contribution in [0.5, 0.6) is 0 Å². The Hall–Kier alpha value is -0.330. The fraction of sp³-hybridized carbons (Fsp3) is 0.952. The van der Waals surface area contributed by atoms with Crippen LogP contribution in [0.25, 0.3) is 0 Å². The summed E-state index contributed by atoms with van der Waals surface area (Å²) >= 11 is 0. The van der Waals surface area contributed by atoms with E-state index in [1.54, 1.807) is 0 Å². The molecule has 1 nitrogen and oxygen atoms in total. The number of carbonyl (C=O) groups is 1. The molecule has 0 heterocycles. The molecule has 0 aromatic carbocycles. The van der Waals surface area contributed by atoms with E-state index in [4.69, 9.17) is 0 Å². The van der Waals surface area contributed by atoms with Gasteiger partial charge in [0.25, 0.3) is 0 Å². The average molecular weight is 303 g/mol. The largest absolute Gasteiger partial charge is 0.300 e. The topological polar surface area (TPSA) is 17.1 Å². The molecule has 4 saturated carbocycles. The van der Waals surface area contributed by atoms with Gasteiger partial charge in [-0.3, -0.25) is 4.79 Å². The maximum Gasteiger partial charge on any atom is 0.133 e. The average Bonchev–Trinajstić information content (AvgIpc) is 2.85. The minimum Gasteiger partial charge on any atom is -0.300 e. The monoisotopic (exact) mass is 302 g/mol. The normalized spacial score (nSPS) is 51.4. The number of ketones is 1. The van der Waals surface area contributed by atoms with E-state index in [-0.39, 0.29) is 0 Å². The van der Waals surface area contributed by atoms with Crippen LogP contribution < -0.4 is 0 Å². The van der Waals surface area contributed by atoms with Gasteiger partial charge in [-0.2, -0.15) is 0 Å². The Kier molecular flexibility index (Phi) is 3.70. The molecule has 4 aliphatic rings. The predicted octanol–water partition coefficient (Wildman–Crippen LogP) is 5.48. The van der Waals surface area contributed by atoms with E-state index in [0.29, 0.717) is 11.2 Å². The van der Waals surface area contributed by atoms with Crippen LogP contribution in [0.3, 0.4) is 0 Å². The predicted molar refractivity (Wildman–Crippen MR) is 90.4 cm³/mol. The summed E-state index contributed by atoms with van der Waals surface area (Å²) in [5.41, 5.74) is 0.606. The quantitative estimate of drug-likeness (QED) is 0.627. The van der Waals surface area contributed by atoms with Crippen molar-refractivity contribution >= 4 is 5.78 Å². The van der Waals surface area contributed by atoms with Crippen LogP contribution in [0.2, 0.25) is 0 Å². The number of carbonyl (C=O) groups excluding carboxylic acids is 1. The first kappa shape index (κ1) is 15.2. The summed E-state index contributed by atoms with van der Waals surface area (Å²) in [5, 5.41) is 0. The number of fused-ring (bicyclic) bond motifs is 5. The molecule has 0 saturated heterocycles. The molecule has 7 atom stereocenters. The second-order valence-corrected chi connectivity index (χ2v) is 9.66. The summed E-state index contributed by atoms with van der Waals surface area (Å²) in [6.07, 6.45) is 11.8. The molecule has 4 fully saturated rings. The molecule has 22 heavy (non-hydrogen) atoms. The smallest absolute Gasteiger partial charge is 0.133 e. The summed E-state index contributed by atoms with van der Waals surface area (Å²) in [6, 6.07) is 0. The molecule has 4 aliphatic carbocycles. The highest BCUT2D eigenvalue weighted by Gasteiger charge is 2.55. The van der Waals surface area contributed by atoms with E-state index < -0.39 is 0 Å². The van der Waals surface area contributed by atoms with Gasteiger partial charge in [0.05, 0.1) is 0 Å². The highest BCUT2D eigenvalue weighted by Crippen LogP contribution is 2.63. The summed E-state index contributed by atoms with van der Waals surface area (Å²) < 4.78 is 0. The lowest BCUT2D eigenvalue weighted by Gasteiger charge is -2.53. The number of Topliss-reactive ketones (excluding diaryl/α,β-unsaturated/α-hetero) is 1. The summed E-state index contributed by atoms with van der Waals surface area (Å²) in [7, 11) is 0. The van der Waals surface area contributed by atoms with Crippen LogP contribution in [-0.4, -0.2) is 5.78 Å². The fourth-order valence-electron chi connectivity index (χ4n) is 7.39. The van der Waals surface area contributed by atoms with Gasteiger partial charge < -0.3 is 0 Å². The Morgan fingerprint density at radius 1 is 0.909 bits per heavy atom. The standard InChI is InChI=1S/C21H34O/c1-13(2)21(3)11-10-19-18-6-4-14-12-15(22)5-7-16(14)17(18)8-9-20(19)21/h13-14,16-20H,4-12H2,1-3H3. The Morgan fingerprint density at radius 2 is 1.64 bits per heavy atom. The van der Waals surface area contributed by atoms with Crippen molar-refractivity contribution in [1.82, 2.24) is 0 Å². The van der Waals surface area contributed by atoms with Gasteiger partial charge in [-0.15, -0.1) is 0 Å². The zero-order valence-corrected chi connectivity index (χ0v) is 14.8. The third-order valence-corrected chi connectivity index (χ3v) is 8.88. The summed E-state index contributed by atoms with van der Waals surface area (Å²) in [4.78, 5) is 11.8. The lowest BCUT2D eigenvalue weighted by Crippen LogP contribution is -2.46.